The van der Waals surface area contributed by atoms with Gasteiger partial charge in [0, 0.05) is 49.4 Å². The molecule has 1 saturated heterocycles. The summed E-state index contributed by atoms with van der Waals surface area (Å²) in [6.45, 7) is 4.17. The number of likely N-dealkylation sites (N-methyl/N-ethyl adjacent to an activating group) is 1. The summed E-state index contributed by atoms with van der Waals surface area (Å²) >= 11 is 0. The fourth-order valence-electron chi connectivity index (χ4n) is 4.04. The minimum absolute atomic E-state index is 0.587. The van der Waals surface area contributed by atoms with Gasteiger partial charge in [-0.1, -0.05) is 0 Å². The van der Waals surface area contributed by atoms with Gasteiger partial charge in [0.25, 0.3) is 0 Å². The highest BCUT2D eigenvalue weighted by Crippen LogP contribution is 2.38. The van der Waals surface area contributed by atoms with Gasteiger partial charge < -0.3 is 4.90 Å². The van der Waals surface area contributed by atoms with Crippen LogP contribution in [0.1, 0.15) is 48.6 Å². The third-order valence-corrected chi connectivity index (χ3v) is 5.96. The van der Waals surface area contributed by atoms with Gasteiger partial charge in [-0.3, -0.25) is 9.58 Å². The largest absolute Gasteiger partial charge is 0.352 e. The molecular weight excluding hydrogens is 312 g/mol. The summed E-state index contributed by atoms with van der Waals surface area (Å²) in [5.74, 6) is 1.70. The first-order chi connectivity index (χ1) is 12.3. The molecule has 0 aromatic carbocycles. The van der Waals surface area contributed by atoms with Crippen LogP contribution in [0, 0.1) is 0 Å². The lowest BCUT2D eigenvalue weighted by Crippen LogP contribution is -2.58. The highest BCUT2D eigenvalue weighted by atomic mass is 15.4. The molecule has 6 nitrogen and oxygen atoms in total. The molecule has 0 radical (unpaired) electrons. The molecule has 0 spiro atoms. The van der Waals surface area contributed by atoms with E-state index in [0.29, 0.717) is 12.0 Å². The van der Waals surface area contributed by atoms with E-state index in [4.69, 9.17) is 0 Å². The van der Waals surface area contributed by atoms with Gasteiger partial charge in [-0.05, 0) is 51.3 Å². The fraction of sp³-hybridized carbons (Fsp3) is 0.632. The maximum Gasteiger partial charge on any atom is 0.151 e. The SMILES string of the molecule is CN(Cc1cnn2c1CCCC2)C1CN(c2ccc(C3CC3)nn2)C1. The van der Waals surface area contributed by atoms with Crippen LogP contribution in [0.4, 0.5) is 5.82 Å². The van der Waals surface area contributed by atoms with Crippen LogP contribution in [0.3, 0.4) is 0 Å². The van der Waals surface area contributed by atoms with Crippen molar-refractivity contribution in [2.45, 2.75) is 57.2 Å². The van der Waals surface area contributed by atoms with E-state index in [1.807, 2.05) is 0 Å². The normalized spacial score (nSPS) is 20.6. The van der Waals surface area contributed by atoms with E-state index < -0.39 is 0 Å². The van der Waals surface area contributed by atoms with Gasteiger partial charge in [-0.25, -0.2) is 0 Å². The second kappa shape index (κ2) is 6.09. The molecule has 1 aliphatic carbocycles. The molecule has 5 rings (SSSR count). The van der Waals surface area contributed by atoms with E-state index in [2.05, 4.69) is 55.2 Å². The molecule has 1 saturated carbocycles. The molecule has 25 heavy (non-hydrogen) atoms. The standard InChI is InChI=1S/C19H26N6/c1-23(11-15-10-20-25-9-3-2-4-18(15)25)16-12-24(13-16)19-8-7-17(21-22-19)14-5-6-14/h7-8,10,14,16H,2-6,9,11-13H2,1H3. The van der Waals surface area contributed by atoms with Gasteiger partial charge in [0.2, 0.25) is 0 Å². The molecule has 0 amide bonds. The van der Waals surface area contributed by atoms with Crippen molar-refractivity contribution < 1.29 is 0 Å². The maximum absolute atomic E-state index is 4.56. The van der Waals surface area contributed by atoms with E-state index in [9.17, 15) is 0 Å². The molecule has 132 valence electrons. The summed E-state index contributed by atoms with van der Waals surface area (Å²) in [5, 5.41) is 13.4. The molecule has 2 aromatic heterocycles. The zero-order valence-electron chi connectivity index (χ0n) is 14.9. The number of fused-ring (bicyclic) bond motifs is 1. The Kier molecular flexibility index (Phi) is 3.73. The third kappa shape index (κ3) is 2.92. The first-order valence-corrected chi connectivity index (χ1v) is 9.60. The van der Waals surface area contributed by atoms with Gasteiger partial charge in [-0.2, -0.15) is 10.2 Å². The van der Waals surface area contributed by atoms with Crippen LogP contribution in [0.25, 0.3) is 0 Å². The molecule has 2 aliphatic heterocycles. The predicted molar refractivity (Wildman–Crippen MR) is 96.6 cm³/mol. The van der Waals surface area contributed by atoms with Gasteiger partial charge in [0.15, 0.2) is 5.82 Å². The van der Waals surface area contributed by atoms with E-state index in [0.717, 1.165) is 32.0 Å². The summed E-state index contributed by atoms with van der Waals surface area (Å²) in [6, 6.07) is 4.89. The zero-order chi connectivity index (χ0) is 16.8. The average molecular weight is 338 g/mol. The van der Waals surface area contributed by atoms with Crippen molar-refractivity contribution in [2.75, 3.05) is 25.0 Å². The van der Waals surface area contributed by atoms with E-state index in [1.54, 1.807) is 0 Å². The topological polar surface area (TPSA) is 50.1 Å². The van der Waals surface area contributed by atoms with Crippen molar-refractivity contribution >= 4 is 5.82 Å². The fourth-order valence-corrected chi connectivity index (χ4v) is 4.04. The molecule has 0 bridgehead atoms. The predicted octanol–water partition coefficient (Wildman–Crippen LogP) is 2.21. The number of aromatic nitrogens is 4. The minimum Gasteiger partial charge on any atom is -0.352 e. The number of hydrogen-bond acceptors (Lipinski definition) is 5. The second-order valence-corrected chi connectivity index (χ2v) is 7.86. The van der Waals surface area contributed by atoms with Crippen LogP contribution in [0.2, 0.25) is 0 Å². The Labute approximate surface area is 148 Å². The summed E-state index contributed by atoms with van der Waals surface area (Å²) in [5.41, 5.74) is 4.04. The van der Waals surface area contributed by atoms with Crippen molar-refractivity contribution in [2.24, 2.45) is 0 Å². The third-order valence-electron chi connectivity index (χ3n) is 5.96. The number of rotatable bonds is 5. The van der Waals surface area contributed by atoms with Crippen molar-refractivity contribution in [3.8, 4) is 0 Å². The Morgan fingerprint density at radius 2 is 2.04 bits per heavy atom. The van der Waals surface area contributed by atoms with Crippen molar-refractivity contribution in [1.82, 2.24) is 24.9 Å². The first kappa shape index (κ1) is 15.3. The van der Waals surface area contributed by atoms with Crippen LogP contribution in [-0.4, -0.2) is 51.1 Å². The molecule has 3 aliphatic rings. The van der Waals surface area contributed by atoms with E-state index in [-0.39, 0.29) is 0 Å². The lowest BCUT2D eigenvalue weighted by molar-refractivity contribution is 0.196. The average Bonchev–Trinajstić information content (AvgIpc) is 3.37. The Bertz CT molecular complexity index is 742. The van der Waals surface area contributed by atoms with Gasteiger partial charge in [0.1, 0.15) is 0 Å². The zero-order valence-corrected chi connectivity index (χ0v) is 14.9. The number of anilines is 1. The smallest absolute Gasteiger partial charge is 0.151 e. The molecule has 4 heterocycles. The molecule has 2 aromatic rings. The van der Waals surface area contributed by atoms with Crippen LogP contribution >= 0.6 is 0 Å². The van der Waals surface area contributed by atoms with Crippen LogP contribution in [-0.2, 0) is 19.5 Å². The molecule has 6 heteroatoms. The summed E-state index contributed by atoms with van der Waals surface area (Å²) in [7, 11) is 2.23. The Morgan fingerprint density at radius 1 is 1.16 bits per heavy atom. The molecule has 0 unspecified atom stereocenters. The first-order valence-electron chi connectivity index (χ1n) is 9.60. The van der Waals surface area contributed by atoms with Crippen molar-refractivity contribution in [3.63, 3.8) is 0 Å². The minimum atomic E-state index is 0.587. The van der Waals surface area contributed by atoms with Gasteiger partial charge >= 0.3 is 0 Å². The summed E-state index contributed by atoms with van der Waals surface area (Å²) in [6.07, 6.45) is 8.39. The maximum atomic E-state index is 4.56. The summed E-state index contributed by atoms with van der Waals surface area (Å²) in [4.78, 5) is 4.80. The van der Waals surface area contributed by atoms with E-state index in [1.165, 1.54) is 49.1 Å². The summed E-state index contributed by atoms with van der Waals surface area (Å²) < 4.78 is 2.21. The van der Waals surface area contributed by atoms with Crippen LogP contribution in [0.5, 0.6) is 0 Å². The van der Waals surface area contributed by atoms with Gasteiger partial charge in [0.05, 0.1) is 11.9 Å². The number of hydrogen-bond donors (Lipinski definition) is 0. The van der Waals surface area contributed by atoms with Crippen molar-refractivity contribution in [3.05, 3.63) is 35.3 Å². The monoisotopic (exact) mass is 338 g/mol. The van der Waals surface area contributed by atoms with Crippen LogP contribution in [0.15, 0.2) is 18.3 Å². The number of nitrogens with zero attached hydrogens (tertiary/aromatic N) is 6. The molecule has 0 N–H and O–H groups in total. The van der Waals surface area contributed by atoms with E-state index >= 15 is 0 Å². The Morgan fingerprint density at radius 3 is 2.80 bits per heavy atom. The Balaban J connectivity index is 1.18. The number of aryl methyl sites for hydroxylation is 1. The highest BCUT2D eigenvalue weighted by molar-refractivity contribution is 5.42. The molecule has 2 fully saturated rings. The molecule has 0 atom stereocenters. The van der Waals surface area contributed by atoms with Gasteiger partial charge in [-0.15, -0.1) is 5.10 Å². The Hall–Kier alpha value is -1.95. The lowest BCUT2D eigenvalue weighted by atomic mass is 10.0. The molecular formula is C19H26N6. The quantitative estimate of drug-likeness (QED) is 0.837. The lowest BCUT2D eigenvalue weighted by Gasteiger charge is -2.44. The highest BCUT2D eigenvalue weighted by Gasteiger charge is 2.32. The van der Waals surface area contributed by atoms with Crippen LogP contribution < -0.4 is 4.90 Å². The second-order valence-electron chi connectivity index (χ2n) is 7.86. The van der Waals surface area contributed by atoms with Crippen molar-refractivity contribution in [1.29, 1.82) is 0 Å².